The Bertz CT molecular complexity index is 800. The van der Waals surface area contributed by atoms with Gasteiger partial charge in [0.1, 0.15) is 24.7 Å². The first-order valence-corrected chi connectivity index (χ1v) is 8.45. The number of aryl methyl sites for hydroxylation is 1. The molecule has 6 nitrogen and oxygen atoms in total. The third-order valence-corrected chi connectivity index (χ3v) is 3.88. The van der Waals surface area contributed by atoms with Crippen molar-refractivity contribution in [2.24, 2.45) is 5.10 Å². The molecule has 1 aliphatic heterocycles. The molecule has 3 rings (SSSR count). The lowest BCUT2D eigenvalue weighted by Crippen LogP contribution is -2.35. The van der Waals surface area contributed by atoms with Crippen LogP contribution in [0.5, 0.6) is 5.75 Å². The highest BCUT2D eigenvalue weighted by atomic mass is 16.6. The second-order valence-electron chi connectivity index (χ2n) is 5.89. The third kappa shape index (κ3) is 4.47. The number of carbonyl (C=O) groups is 2. The van der Waals surface area contributed by atoms with E-state index in [1.807, 2.05) is 49.4 Å². The maximum absolute atomic E-state index is 12.2. The molecule has 6 heteroatoms. The number of nitrogens with zero attached hydrogens (tertiary/aromatic N) is 2. The van der Waals surface area contributed by atoms with Crippen LogP contribution >= 0.6 is 0 Å². The topological polar surface area (TPSA) is 68.2 Å². The average Bonchev–Trinajstić information content (AvgIpc) is 2.67. The Hall–Kier alpha value is -3.15. The molecule has 0 radical (unpaired) electrons. The van der Waals surface area contributed by atoms with Gasteiger partial charge in [-0.2, -0.15) is 5.10 Å². The van der Waals surface area contributed by atoms with Gasteiger partial charge >= 0.3 is 5.97 Å². The summed E-state index contributed by atoms with van der Waals surface area (Å²) in [6.45, 7) is 2.37. The number of hydrogen-bond donors (Lipinski definition) is 0. The first-order valence-electron chi connectivity index (χ1n) is 8.45. The highest BCUT2D eigenvalue weighted by Gasteiger charge is 2.26. The number of esters is 1. The van der Waals surface area contributed by atoms with Crippen LogP contribution in [-0.2, 0) is 14.3 Å². The van der Waals surface area contributed by atoms with E-state index in [0.717, 1.165) is 11.3 Å². The lowest BCUT2D eigenvalue weighted by Gasteiger charge is -2.22. The second kappa shape index (κ2) is 8.29. The Morgan fingerprint density at radius 1 is 1.04 bits per heavy atom. The zero-order valence-corrected chi connectivity index (χ0v) is 14.6. The first kappa shape index (κ1) is 17.7. The van der Waals surface area contributed by atoms with E-state index in [9.17, 15) is 9.59 Å². The maximum Gasteiger partial charge on any atom is 0.354 e. The lowest BCUT2D eigenvalue weighted by molar-refractivity contribution is -0.136. The van der Waals surface area contributed by atoms with Gasteiger partial charge in [-0.1, -0.05) is 35.9 Å². The number of anilines is 1. The molecular weight excluding hydrogens is 332 g/mol. The summed E-state index contributed by atoms with van der Waals surface area (Å²) >= 11 is 0. The van der Waals surface area contributed by atoms with Gasteiger partial charge in [0.15, 0.2) is 0 Å². The second-order valence-corrected chi connectivity index (χ2v) is 5.89. The predicted octanol–water partition coefficient (Wildman–Crippen LogP) is 3.10. The van der Waals surface area contributed by atoms with Gasteiger partial charge in [0.25, 0.3) is 0 Å². The standard InChI is InChI=1S/C20H20N2O4/c1-15-7-9-17(10-8-15)25-13-14-26-20(24)18-11-12-19(23)22(21-18)16-5-3-2-4-6-16/h2-10H,11-14H2,1H3. The van der Waals surface area contributed by atoms with Gasteiger partial charge < -0.3 is 9.47 Å². The smallest absolute Gasteiger partial charge is 0.354 e. The SMILES string of the molecule is Cc1ccc(OCCOC(=O)C2=NN(c3ccccc3)C(=O)CC2)cc1. The molecule has 0 unspecified atom stereocenters. The molecule has 134 valence electrons. The van der Waals surface area contributed by atoms with Crippen LogP contribution in [0.2, 0.25) is 0 Å². The van der Waals surface area contributed by atoms with Gasteiger partial charge in [-0.3, -0.25) is 4.79 Å². The molecule has 1 aliphatic rings. The van der Waals surface area contributed by atoms with Crippen LogP contribution in [0, 0.1) is 6.92 Å². The quantitative estimate of drug-likeness (QED) is 0.592. The molecular formula is C20H20N2O4. The van der Waals surface area contributed by atoms with Crippen LogP contribution in [0.4, 0.5) is 5.69 Å². The minimum Gasteiger partial charge on any atom is -0.490 e. The molecule has 0 N–H and O–H groups in total. The zero-order chi connectivity index (χ0) is 18.4. The Morgan fingerprint density at radius 3 is 2.50 bits per heavy atom. The molecule has 0 fully saturated rings. The summed E-state index contributed by atoms with van der Waals surface area (Å²) < 4.78 is 10.7. The van der Waals surface area contributed by atoms with E-state index in [4.69, 9.17) is 9.47 Å². The van der Waals surface area contributed by atoms with Crippen molar-refractivity contribution in [3.05, 3.63) is 60.2 Å². The van der Waals surface area contributed by atoms with E-state index >= 15 is 0 Å². The molecule has 2 aromatic carbocycles. The fourth-order valence-electron chi connectivity index (χ4n) is 2.48. The fourth-order valence-corrected chi connectivity index (χ4v) is 2.48. The number of rotatable bonds is 6. The molecule has 26 heavy (non-hydrogen) atoms. The van der Waals surface area contributed by atoms with Crippen LogP contribution in [0.3, 0.4) is 0 Å². The minimum absolute atomic E-state index is 0.116. The van der Waals surface area contributed by atoms with E-state index in [-0.39, 0.29) is 37.7 Å². The predicted molar refractivity (Wildman–Crippen MR) is 98.2 cm³/mol. The van der Waals surface area contributed by atoms with Crippen LogP contribution < -0.4 is 9.75 Å². The summed E-state index contributed by atoms with van der Waals surface area (Å²) in [5.74, 6) is 0.0592. The van der Waals surface area contributed by atoms with Crippen molar-refractivity contribution in [3.63, 3.8) is 0 Å². The van der Waals surface area contributed by atoms with E-state index in [1.165, 1.54) is 5.01 Å². The third-order valence-electron chi connectivity index (χ3n) is 3.88. The molecule has 0 spiro atoms. The van der Waals surface area contributed by atoms with Crippen molar-refractivity contribution in [2.75, 3.05) is 18.2 Å². The molecule has 1 heterocycles. The van der Waals surface area contributed by atoms with Crippen molar-refractivity contribution < 1.29 is 19.1 Å². The summed E-state index contributed by atoms with van der Waals surface area (Å²) in [5, 5.41) is 5.42. The van der Waals surface area contributed by atoms with Crippen molar-refractivity contribution >= 4 is 23.3 Å². The number of hydrogen-bond acceptors (Lipinski definition) is 5. The van der Waals surface area contributed by atoms with E-state index < -0.39 is 5.97 Å². The largest absolute Gasteiger partial charge is 0.490 e. The number of ether oxygens (including phenoxy) is 2. The first-order chi connectivity index (χ1) is 12.6. The van der Waals surface area contributed by atoms with Crippen molar-refractivity contribution in [1.82, 2.24) is 0 Å². The Labute approximate surface area is 152 Å². The van der Waals surface area contributed by atoms with Gasteiger partial charge in [0, 0.05) is 12.8 Å². The Kier molecular flexibility index (Phi) is 5.63. The van der Waals surface area contributed by atoms with Gasteiger partial charge in [0.2, 0.25) is 5.91 Å². The number of carbonyl (C=O) groups excluding carboxylic acids is 2. The van der Waals surface area contributed by atoms with Crippen molar-refractivity contribution in [2.45, 2.75) is 19.8 Å². The molecule has 0 aliphatic carbocycles. The number of benzene rings is 2. The number of para-hydroxylation sites is 1. The van der Waals surface area contributed by atoms with Gasteiger partial charge in [0.05, 0.1) is 5.69 Å². The average molecular weight is 352 g/mol. The molecule has 1 amide bonds. The molecule has 0 aromatic heterocycles. The summed E-state index contributed by atoms with van der Waals surface area (Å²) in [7, 11) is 0. The van der Waals surface area contributed by atoms with Crippen molar-refractivity contribution in [3.8, 4) is 5.75 Å². The van der Waals surface area contributed by atoms with E-state index in [0.29, 0.717) is 5.69 Å². The highest BCUT2D eigenvalue weighted by Crippen LogP contribution is 2.20. The highest BCUT2D eigenvalue weighted by molar-refractivity contribution is 6.38. The molecule has 2 aromatic rings. The van der Waals surface area contributed by atoms with Gasteiger partial charge in [-0.15, -0.1) is 0 Å². The van der Waals surface area contributed by atoms with Crippen molar-refractivity contribution in [1.29, 1.82) is 0 Å². The minimum atomic E-state index is -0.522. The Morgan fingerprint density at radius 2 is 1.77 bits per heavy atom. The Balaban J connectivity index is 1.53. The summed E-state index contributed by atoms with van der Waals surface area (Å²) in [6, 6.07) is 16.7. The molecule has 0 saturated heterocycles. The molecule has 0 bridgehead atoms. The van der Waals surface area contributed by atoms with Crippen LogP contribution in [0.1, 0.15) is 18.4 Å². The van der Waals surface area contributed by atoms with Crippen LogP contribution in [-0.4, -0.2) is 30.8 Å². The van der Waals surface area contributed by atoms with Crippen LogP contribution in [0.15, 0.2) is 59.7 Å². The monoisotopic (exact) mass is 352 g/mol. The maximum atomic E-state index is 12.2. The van der Waals surface area contributed by atoms with Gasteiger partial charge in [-0.25, -0.2) is 9.80 Å². The normalized spacial score (nSPS) is 14.0. The number of amides is 1. The zero-order valence-electron chi connectivity index (χ0n) is 14.6. The van der Waals surface area contributed by atoms with Crippen LogP contribution in [0.25, 0.3) is 0 Å². The number of hydrazone groups is 1. The lowest BCUT2D eigenvalue weighted by atomic mass is 10.1. The van der Waals surface area contributed by atoms with Gasteiger partial charge in [-0.05, 0) is 31.2 Å². The van der Waals surface area contributed by atoms with E-state index in [1.54, 1.807) is 12.1 Å². The summed E-state index contributed by atoms with van der Waals surface area (Å²) in [6.07, 6.45) is 0.502. The van der Waals surface area contributed by atoms with E-state index in [2.05, 4.69) is 5.10 Å². The fraction of sp³-hybridized carbons (Fsp3) is 0.250. The molecule has 0 atom stereocenters. The summed E-state index contributed by atoms with van der Waals surface area (Å²) in [4.78, 5) is 24.2. The molecule has 0 saturated carbocycles. The summed E-state index contributed by atoms with van der Waals surface area (Å²) in [5.41, 5.74) is 2.02.